The third kappa shape index (κ3) is 3.72. The summed E-state index contributed by atoms with van der Waals surface area (Å²) in [5.41, 5.74) is 1.32. The number of fused-ring (bicyclic) bond motifs is 1. The van der Waals surface area contributed by atoms with Gasteiger partial charge in [-0.15, -0.1) is 0 Å². The molecule has 0 bridgehead atoms. The maximum absolute atomic E-state index is 12.2. The number of hydrogen-bond donors (Lipinski definition) is 2. The molecule has 1 saturated heterocycles. The Hall–Kier alpha value is -2.82. The van der Waals surface area contributed by atoms with E-state index in [1.165, 1.54) is 12.3 Å². The van der Waals surface area contributed by atoms with Crippen molar-refractivity contribution in [2.24, 2.45) is 5.92 Å². The number of aromatic amines is 1. The highest BCUT2D eigenvalue weighted by molar-refractivity contribution is 5.71. The van der Waals surface area contributed by atoms with Crippen LogP contribution in [0.3, 0.4) is 0 Å². The lowest BCUT2D eigenvalue weighted by atomic mass is 10.0. The number of nitrogens with zero attached hydrogens (tertiary/aromatic N) is 5. The quantitative estimate of drug-likeness (QED) is 0.691. The molecule has 9 nitrogen and oxygen atoms in total. The molecule has 4 rings (SSSR count). The van der Waals surface area contributed by atoms with Crippen LogP contribution in [0, 0.1) is 5.92 Å². The van der Waals surface area contributed by atoms with Gasteiger partial charge in [0, 0.05) is 25.1 Å². The predicted octanol–water partition coefficient (Wildman–Crippen LogP) is 2.32. The third-order valence-electron chi connectivity index (χ3n) is 4.06. The molecule has 0 aromatic carbocycles. The number of anilines is 2. The van der Waals surface area contributed by atoms with Crippen LogP contribution in [-0.2, 0) is 11.3 Å². The molecule has 0 spiro atoms. The van der Waals surface area contributed by atoms with Crippen LogP contribution in [0.1, 0.15) is 12.8 Å². The molecule has 1 atom stereocenters. The van der Waals surface area contributed by atoms with Gasteiger partial charge < -0.3 is 14.8 Å². The molecule has 1 fully saturated rings. The summed E-state index contributed by atoms with van der Waals surface area (Å²) in [6, 6.07) is 1.31. The average Bonchev–Trinajstić information content (AvgIpc) is 3.22. The van der Waals surface area contributed by atoms with E-state index in [1.54, 1.807) is 6.20 Å². The molecule has 4 heterocycles. The fraction of sp³-hybridized carbons (Fsp3) is 0.467. The number of halogens is 2. The van der Waals surface area contributed by atoms with Crippen LogP contribution in [0.2, 0.25) is 0 Å². The third-order valence-corrected chi connectivity index (χ3v) is 4.06. The van der Waals surface area contributed by atoms with Crippen molar-refractivity contribution >= 4 is 22.8 Å². The fourth-order valence-electron chi connectivity index (χ4n) is 2.89. The van der Waals surface area contributed by atoms with E-state index < -0.39 is 6.61 Å². The van der Waals surface area contributed by atoms with Crippen molar-refractivity contribution in [3.63, 3.8) is 0 Å². The van der Waals surface area contributed by atoms with Crippen LogP contribution in [0.4, 0.5) is 20.4 Å². The van der Waals surface area contributed by atoms with Crippen molar-refractivity contribution in [1.82, 2.24) is 29.9 Å². The Morgan fingerprint density at radius 2 is 2.31 bits per heavy atom. The zero-order chi connectivity index (χ0) is 17.9. The molecule has 0 saturated carbocycles. The number of alkyl halides is 2. The van der Waals surface area contributed by atoms with Crippen LogP contribution in [0.25, 0.3) is 11.2 Å². The number of aromatic nitrogens is 6. The van der Waals surface area contributed by atoms with Crippen molar-refractivity contribution < 1.29 is 18.3 Å². The number of nitrogens with one attached hydrogen (secondary N) is 2. The minimum atomic E-state index is -2.92. The first kappa shape index (κ1) is 16.6. The minimum absolute atomic E-state index is 0.140. The van der Waals surface area contributed by atoms with Gasteiger partial charge in [0.15, 0.2) is 17.3 Å². The molecule has 1 aliphatic heterocycles. The van der Waals surface area contributed by atoms with Crippen molar-refractivity contribution in [2.75, 3.05) is 18.5 Å². The summed E-state index contributed by atoms with van der Waals surface area (Å²) >= 11 is 0. The SMILES string of the molecule is FC(F)Oc1cc(Nc2cnc3cnn(C[C@H]4CCCOC4)c3n2)n[nH]1. The van der Waals surface area contributed by atoms with E-state index in [4.69, 9.17) is 4.74 Å². The Balaban J connectivity index is 1.51. The summed E-state index contributed by atoms with van der Waals surface area (Å²) in [6.45, 7) is -0.688. The van der Waals surface area contributed by atoms with Gasteiger partial charge in [-0.25, -0.2) is 19.7 Å². The second kappa shape index (κ2) is 7.20. The lowest BCUT2D eigenvalue weighted by molar-refractivity contribution is -0.0528. The molecule has 26 heavy (non-hydrogen) atoms. The first-order valence-electron chi connectivity index (χ1n) is 8.21. The molecule has 2 N–H and O–H groups in total. The predicted molar refractivity (Wildman–Crippen MR) is 87.4 cm³/mol. The van der Waals surface area contributed by atoms with Crippen molar-refractivity contribution in [1.29, 1.82) is 0 Å². The molecule has 1 aliphatic rings. The Morgan fingerprint density at radius 3 is 3.12 bits per heavy atom. The summed E-state index contributed by atoms with van der Waals surface area (Å²) in [4.78, 5) is 8.83. The highest BCUT2D eigenvalue weighted by Crippen LogP contribution is 2.21. The van der Waals surface area contributed by atoms with Crippen LogP contribution < -0.4 is 10.1 Å². The van der Waals surface area contributed by atoms with Gasteiger partial charge in [-0.1, -0.05) is 0 Å². The topological polar surface area (TPSA) is 103 Å². The van der Waals surface area contributed by atoms with Crippen LogP contribution in [0.15, 0.2) is 18.5 Å². The van der Waals surface area contributed by atoms with Gasteiger partial charge in [-0.2, -0.15) is 19.0 Å². The van der Waals surface area contributed by atoms with Gasteiger partial charge >= 0.3 is 6.61 Å². The smallest absolute Gasteiger partial charge is 0.388 e. The molecule has 0 aliphatic carbocycles. The lowest BCUT2D eigenvalue weighted by Gasteiger charge is -2.21. The molecular formula is C15H17F2N7O2. The van der Waals surface area contributed by atoms with Crippen LogP contribution >= 0.6 is 0 Å². The maximum Gasteiger partial charge on any atom is 0.388 e. The molecule has 3 aromatic rings. The highest BCUT2D eigenvalue weighted by atomic mass is 19.3. The molecule has 0 amide bonds. The Kier molecular flexibility index (Phi) is 4.61. The number of ether oxygens (including phenoxy) is 2. The van der Waals surface area contributed by atoms with Crippen molar-refractivity contribution in [3.05, 3.63) is 18.5 Å². The Morgan fingerprint density at radius 1 is 1.38 bits per heavy atom. The number of hydrogen-bond acceptors (Lipinski definition) is 7. The zero-order valence-electron chi connectivity index (χ0n) is 13.7. The minimum Gasteiger partial charge on any atom is -0.417 e. The summed E-state index contributed by atoms with van der Waals surface area (Å²) in [5.74, 6) is 0.972. The Bertz CT molecular complexity index is 876. The fourth-order valence-corrected chi connectivity index (χ4v) is 2.89. The second-order valence-electron chi connectivity index (χ2n) is 5.99. The standard InChI is InChI=1S/C15H17F2N7O2/c16-15(17)26-13-4-11(22-23-13)20-12-6-18-10-5-19-24(14(10)21-12)7-9-2-1-3-25-8-9/h4-6,9,15H,1-3,7-8H2,(H2,20,21,22,23)/t9-/m1/s1. The Labute approximate surface area is 146 Å². The molecular weight excluding hydrogens is 348 g/mol. The zero-order valence-corrected chi connectivity index (χ0v) is 13.7. The van der Waals surface area contributed by atoms with Gasteiger partial charge in [0.2, 0.25) is 5.88 Å². The number of H-pyrrole nitrogens is 1. The summed E-state index contributed by atoms with van der Waals surface area (Å²) in [6.07, 6.45) is 5.33. The molecule has 3 aromatic heterocycles. The summed E-state index contributed by atoms with van der Waals surface area (Å²) < 4.78 is 36.0. The average molecular weight is 365 g/mol. The van der Waals surface area contributed by atoms with E-state index in [-0.39, 0.29) is 5.88 Å². The normalized spacial score (nSPS) is 17.7. The lowest BCUT2D eigenvalue weighted by Crippen LogP contribution is -2.22. The largest absolute Gasteiger partial charge is 0.417 e. The van der Waals surface area contributed by atoms with Crippen LogP contribution in [0.5, 0.6) is 5.88 Å². The van der Waals surface area contributed by atoms with E-state index in [2.05, 4.69) is 35.3 Å². The van der Waals surface area contributed by atoms with Crippen molar-refractivity contribution in [2.45, 2.75) is 26.0 Å². The van der Waals surface area contributed by atoms with Gasteiger partial charge in [-0.3, -0.25) is 0 Å². The molecule has 0 unspecified atom stereocenters. The van der Waals surface area contributed by atoms with E-state index in [1.807, 2.05) is 4.68 Å². The van der Waals surface area contributed by atoms with Crippen LogP contribution in [-0.4, -0.2) is 49.8 Å². The van der Waals surface area contributed by atoms with E-state index in [0.717, 1.165) is 19.4 Å². The first-order valence-corrected chi connectivity index (χ1v) is 8.21. The monoisotopic (exact) mass is 365 g/mol. The summed E-state index contributed by atoms with van der Waals surface area (Å²) in [7, 11) is 0. The van der Waals surface area contributed by atoms with Gasteiger partial charge in [-0.05, 0) is 12.8 Å². The van der Waals surface area contributed by atoms with Gasteiger partial charge in [0.05, 0.1) is 19.0 Å². The maximum atomic E-state index is 12.2. The second-order valence-corrected chi connectivity index (χ2v) is 5.99. The molecule has 0 radical (unpaired) electrons. The van der Waals surface area contributed by atoms with Gasteiger partial charge in [0.25, 0.3) is 0 Å². The van der Waals surface area contributed by atoms with E-state index in [9.17, 15) is 8.78 Å². The highest BCUT2D eigenvalue weighted by Gasteiger charge is 2.17. The molecule has 138 valence electrons. The van der Waals surface area contributed by atoms with E-state index >= 15 is 0 Å². The van der Waals surface area contributed by atoms with E-state index in [0.29, 0.717) is 41.9 Å². The number of rotatable bonds is 6. The van der Waals surface area contributed by atoms with Crippen molar-refractivity contribution in [3.8, 4) is 5.88 Å². The molecule has 11 heteroatoms. The summed E-state index contributed by atoms with van der Waals surface area (Å²) in [5, 5.41) is 13.5. The first-order chi connectivity index (χ1) is 12.7. The van der Waals surface area contributed by atoms with Gasteiger partial charge in [0.1, 0.15) is 5.52 Å².